The first-order valence-electron chi connectivity index (χ1n) is 10.8. The van der Waals surface area contributed by atoms with Gasteiger partial charge in [0, 0.05) is 38.0 Å². The number of likely N-dealkylation sites (tertiary alicyclic amines) is 1. The largest absolute Gasteiger partial charge is 0.445 e. The van der Waals surface area contributed by atoms with E-state index in [1.807, 2.05) is 62.4 Å². The first kappa shape index (κ1) is 22.5. The fourth-order valence-corrected chi connectivity index (χ4v) is 3.57. The maximum atomic E-state index is 12.4. The third kappa shape index (κ3) is 6.41. The standard InChI is InChI=1S/C25H31N3O3/c1-18-4-6-21(7-5-18)17-31-25(30)28-14-12-20(13-15-28)16-27-24(29)23-10-8-22(9-11-23)19(2)26-3/h4-11,20H,12-17H2,1-3H3,(H,27,29). The van der Waals surface area contributed by atoms with Crippen LogP contribution in [0.2, 0.25) is 0 Å². The highest BCUT2D eigenvalue weighted by Crippen LogP contribution is 2.18. The number of carbonyl (C=O) groups is 2. The second-order valence-electron chi connectivity index (χ2n) is 8.07. The van der Waals surface area contributed by atoms with E-state index in [0.29, 0.717) is 31.1 Å². The zero-order chi connectivity index (χ0) is 22.2. The Labute approximate surface area is 184 Å². The van der Waals surface area contributed by atoms with Gasteiger partial charge in [-0.05, 0) is 55.9 Å². The maximum Gasteiger partial charge on any atom is 0.410 e. The van der Waals surface area contributed by atoms with Gasteiger partial charge in [0.1, 0.15) is 6.61 Å². The molecular formula is C25H31N3O3. The van der Waals surface area contributed by atoms with Crippen molar-refractivity contribution in [3.63, 3.8) is 0 Å². The van der Waals surface area contributed by atoms with Gasteiger partial charge in [0.05, 0.1) is 0 Å². The lowest BCUT2D eigenvalue weighted by molar-refractivity contribution is 0.0801. The molecule has 0 aliphatic carbocycles. The van der Waals surface area contributed by atoms with Crippen molar-refractivity contribution in [2.24, 2.45) is 10.9 Å². The van der Waals surface area contributed by atoms with Gasteiger partial charge in [0.2, 0.25) is 0 Å². The molecule has 6 nitrogen and oxygen atoms in total. The Hall–Kier alpha value is -3.15. The van der Waals surface area contributed by atoms with E-state index < -0.39 is 0 Å². The van der Waals surface area contributed by atoms with Crippen molar-refractivity contribution < 1.29 is 14.3 Å². The molecule has 1 heterocycles. The summed E-state index contributed by atoms with van der Waals surface area (Å²) in [6.45, 7) is 6.18. The van der Waals surface area contributed by atoms with Crippen molar-refractivity contribution in [3.05, 3.63) is 70.8 Å². The van der Waals surface area contributed by atoms with E-state index in [0.717, 1.165) is 29.7 Å². The molecule has 2 amide bonds. The summed E-state index contributed by atoms with van der Waals surface area (Å²) in [7, 11) is 1.75. The lowest BCUT2D eigenvalue weighted by atomic mass is 9.97. The smallest absolute Gasteiger partial charge is 0.410 e. The number of amides is 2. The molecule has 1 aliphatic heterocycles. The maximum absolute atomic E-state index is 12.4. The van der Waals surface area contributed by atoms with Crippen molar-refractivity contribution in [3.8, 4) is 0 Å². The topological polar surface area (TPSA) is 71.0 Å². The minimum Gasteiger partial charge on any atom is -0.445 e. The predicted molar refractivity (Wildman–Crippen MR) is 123 cm³/mol. The SMILES string of the molecule is CN=C(C)c1ccc(C(=O)NCC2CCN(C(=O)OCc3ccc(C)cc3)CC2)cc1. The van der Waals surface area contributed by atoms with Gasteiger partial charge in [-0.3, -0.25) is 9.79 Å². The van der Waals surface area contributed by atoms with Crippen molar-refractivity contribution in [2.45, 2.75) is 33.3 Å². The van der Waals surface area contributed by atoms with Crippen LogP contribution in [0.5, 0.6) is 0 Å². The highest BCUT2D eigenvalue weighted by Gasteiger charge is 2.24. The summed E-state index contributed by atoms with van der Waals surface area (Å²) in [6.07, 6.45) is 1.43. The second-order valence-corrected chi connectivity index (χ2v) is 8.07. The van der Waals surface area contributed by atoms with Crippen LogP contribution in [0.4, 0.5) is 4.79 Å². The Morgan fingerprint density at radius 3 is 2.26 bits per heavy atom. The van der Waals surface area contributed by atoms with Crippen molar-refractivity contribution in [2.75, 3.05) is 26.7 Å². The number of aliphatic imine (C=N–C) groups is 1. The summed E-state index contributed by atoms with van der Waals surface area (Å²) >= 11 is 0. The zero-order valence-corrected chi connectivity index (χ0v) is 18.6. The van der Waals surface area contributed by atoms with Gasteiger partial charge in [-0.1, -0.05) is 42.0 Å². The molecule has 0 saturated carbocycles. The summed E-state index contributed by atoms with van der Waals surface area (Å²) in [4.78, 5) is 30.7. The number of nitrogens with one attached hydrogen (secondary N) is 1. The average Bonchev–Trinajstić information content (AvgIpc) is 2.82. The Morgan fingerprint density at radius 1 is 1.03 bits per heavy atom. The number of hydrogen-bond acceptors (Lipinski definition) is 4. The third-order valence-corrected chi connectivity index (χ3v) is 5.81. The van der Waals surface area contributed by atoms with E-state index in [-0.39, 0.29) is 18.6 Å². The van der Waals surface area contributed by atoms with E-state index in [9.17, 15) is 9.59 Å². The normalized spacial score (nSPS) is 14.9. The highest BCUT2D eigenvalue weighted by atomic mass is 16.6. The fraction of sp³-hybridized carbons (Fsp3) is 0.400. The van der Waals surface area contributed by atoms with Crippen LogP contribution in [0.3, 0.4) is 0 Å². The van der Waals surface area contributed by atoms with E-state index in [4.69, 9.17) is 4.74 Å². The van der Waals surface area contributed by atoms with Gasteiger partial charge in [-0.25, -0.2) is 4.79 Å². The molecule has 2 aromatic rings. The Kier molecular flexibility index (Phi) is 7.82. The van der Waals surface area contributed by atoms with Crippen molar-refractivity contribution in [1.82, 2.24) is 10.2 Å². The number of hydrogen-bond donors (Lipinski definition) is 1. The lowest BCUT2D eigenvalue weighted by Crippen LogP contribution is -2.41. The molecule has 164 valence electrons. The predicted octanol–water partition coefficient (Wildman–Crippen LogP) is 4.21. The molecule has 0 radical (unpaired) electrons. The first-order valence-corrected chi connectivity index (χ1v) is 10.8. The van der Waals surface area contributed by atoms with Crippen molar-refractivity contribution in [1.29, 1.82) is 0 Å². The average molecular weight is 422 g/mol. The fourth-order valence-electron chi connectivity index (χ4n) is 3.57. The van der Waals surface area contributed by atoms with Crippen LogP contribution in [0, 0.1) is 12.8 Å². The molecule has 0 spiro atoms. The van der Waals surface area contributed by atoms with Gasteiger partial charge >= 0.3 is 6.09 Å². The summed E-state index contributed by atoms with van der Waals surface area (Å²) in [5, 5.41) is 3.02. The van der Waals surface area contributed by atoms with Crippen molar-refractivity contribution >= 4 is 17.7 Å². The van der Waals surface area contributed by atoms with E-state index >= 15 is 0 Å². The second kappa shape index (κ2) is 10.8. The first-order chi connectivity index (χ1) is 15.0. The molecule has 2 aromatic carbocycles. The number of piperidine rings is 1. The molecule has 0 unspecified atom stereocenters. The quantitative estimate of drug-likeness (QED) is 0.710. The van der Waals surface area contributed by atoms with Gasteiger partial charge in [0.15, 0.2) is 0 Å². The Balaban J connectivity index is 1.39. The van der Waals surface area contributed by atoms with Gasteiger partial charge in [-0.15, -0.1) is 0 Å². The monoisotopic (exact) mass is 421 g/mol. The molecule has 1 fully saturated rings. The molecule has 1 aliphatic rings. The number of nitrogens with zero attached hydrogens (tertiary/aromatic N) is 2. The van der Waals surface area contributed by atoms with Crippen LogP contribution in [-0.2, 0) is 11.3 Å². The summed E-state index contributed by atoms with van der Waals surface area (Å²) in [5.74, 6) is 0.288. The van der Waals surface area contributed by atoms with Crippen LogP contribution in [0.1, 0.15) is 46.8 Å². The Bertz CT molecular complexity index is 912. The highest BCUT2D eigenvalue weighted by molar-refractivity contribution is 6.00. The van der Waals surface area contributed by atoms with Gasteiger partial charge in [-0.2, -0.15) is 0 Å². The molecule has 0 atom stereocenters. The van der Waals surface area contributed by atoms with E-state index in [1.165, 1.54) is 5.56 Å². The number of ether oxygens (including phenoxy) is 1. The van der Waals surface area contributed by atoms with E-state index in [2.05, 4.69) is 10.3 Å². The molecular weight excluding hydrogens is 390 g/mol. The minimum atomic E-state index is -0.269. The minimum absolute atomic E-state index is 0.0717. The van der Waals surface area contributed by atoms with Gasteiger partial charge in [0.25, 0.3) is 5.91 Å². The Morgan fingerprint density at radius 2 is 1.65 bits per heavy atom. The molecule has 31 heavy (non-hydrogen) atoms. The van der Waals surface area contributed by atoms with Crippen LogP contribution < -0.4 is 5.32 Å². The van der Waals surface area contributed by atoms with Crippen LogP contribution in [0.15, 0.2) is 53.5 Å². The molecule has 1 N–H and O–H groups in total. The molecule has 1 saturated heterocycles. The molecule has 6 heteroatoms. The summed E-state index contributed by atoms with van der Waals surface area (Å²) in [5.41, 5.74) is 4.77. The number of rotatable bonds is 6. The zero-order valence-electron chi connectivity index (χ0n) is 18.6. The number of carbonyl (C=O) groups excluding carboxylic acids is 2. The summed E-state index contributed by atoms with van der Waals surface area (Å²) < 4.78 is 5.44. The van der Waals surface area contributed by atoms with E-state index in [1.54, 1.807) is 11.9 Å². The summed E-state index contributed by atoms with van der Waals surface area (Å²) in [6, 6.07) is 15.5. The number of aryl methyl sites for hydroxylation is 1. The van der Waals surface area contributed by atoms with Crippen LogP contribution in [-0.4, -0.2) is 49.3 Å². The lowest BCUT2D eigenvalue weighted by Gasteiger charge is -2.31. The third-order valence-electron chi connectivity index (χ3n) is 5.81. The molecule has 0 bridgehead atoms. The van der Waals surface area contributed by atoms with Gasteiger partial charge < -0.3 is 15.0 Å². The van der Waals surface area contributed by atoms with Crippen LogP contribution >= 0.6 is 0 Å². The molecule has 0 aromatic heterocycles. The number of benzene rings is 2. The van der Waals surface area contributed by atoms with Crippen LogP contribution in [0.25, 0.3) is 0 Å². The molecule has 3 rings (SSSR count).